The number of ether oxygens (including phenoxy) is 1. The van der Waals surface area contributed by atoms with Crippen molar-refractivity contribution in [2.45, 2.75) is 91.0 Å². The van der Waals surface area contributed by atoms with E-state index in [2.05, 4.69) is 45.2 Å². The summed E-state index contributed by atoms with van der Waals surface area (Å²) in [6, 6.07) is 0. The molecule has 4 aliphatic carbocycles. The lowest BCUT2D eigenvalue weighted by Crippen LogP contribution is -2.54. The fraction of sp³-hybridized carbons (Fsp3) is 0.750. The predicted molar refractivity (Wildman–Crippen MR) is 132 cm³/mol. The van der Waals surface area contributed by atoms with Crippen LogP contribution in [-0.4, -0.2) is 34.3 Å². The Balaban J connectivity index is 1.41. The summed E-state index contributed by atoms with van der Waals surface area (Å²) in [4.78, 5) is 0. The first-order chi connectivity index (χ1) is 15.7. The summed E-state index contributed by atoms with van der Waals surface area (Å²) in [5, 5.41) is 32.4. The molecule has 33 heavy (non-hydrogen) atoms. The molecule has 1 unspecified atom stereocenters. The molecule has 5 heteroatoms. The van der Waals surface area contributed by atoms with Gasteiger partial charge in [0.15, 0.2) is 0 Å². The van der Waals surface area contributed by atoms with Crippen LogP contribution in [0.4, 0.5) is 0 Å². The zero-order chi connectivity index (χ0) is 23.5. The lowest BCUT2D eigenvalue weighted by molar-refractivity contribution is -0.103. The van der Waals surface area contributed by atoms with Crippen LogP contribution in [0, 0.1) is 45.2 Å². The molecule has 9 atom stereocenters. The predicted octanol–water partition coefficient (Wildman–Crippen LogP) is 5.73. The molecule has 0 aromatic carbocycles. The van der Waals surface area contributed by atoms with Crippen LogP contribution in [-0.2, 0) is 4.74 Å². The first kappa shape index (κ1) is 23.5. The third-order valence-electron chi connectivity index (χ3n) is 10.1. The minimum atomic E-state index is -0.451. The molecule has 5 rings (SSSR count). The van der Waals surface area contributed by atoms with Crippen LogP contribution < -0.4 is 0 Å². The second-order valence-corrected chi connectivity index (χ2v) is 12.7. The van der Waals surface area contributed by atoms with Crippen molar-refractivity contribution in [3.8, 4) is 5.40 Å². The van der Waals surface area contributed by atoms with E-state index < -0.39 is 12.2 Å². The van der Waals surface area contributed by atoms with Gasteiger partial charge in [0.1, 0.15) is 11.5 Å². The van der Waals surface area contributed by atoms with Crippen LogP contribution >= 0.6 is 11.8 Å². The Bertz CT molecular complexity index is 947. The highest BCUT2D eigenvalue weighted by Gasteiger charge is 2.60. The molecule has 1 aliphatic heterocycles. The van der Waals surface area contributed by atoms with E-state index in [4.69, 9.17) is 10.00 Å². The SMILES string of the molecule is CC1=C(CC[C@@H](C)CSC#N)O[C@H]2CC3=C4C=CC5C[C@@H](O)C[C@H](O)[C@]5(C)[C@H]4CC[C@]3(C)[C@@H]12. The molecule has 0 saturated heterocycles. The maximum atomic E-state index is 11.1. The van der Waals surface area contributed by atoms with Gasteiger partial charge in [-0.1, -0.05) is 38.5 Å². The van der Waals surface area contributed by atoms with Crippen LogP contribution in [0.2, 0.25) is 0 Å². The van der Waals surface area contributed by atoms with Gasteiger partial charge < -0.3 is 14.9 Å². The molecule has 0 radical (unpaired) electrons. The summed E-state index contributed by atoms with van der Waals surface area (Å²) in [6.45, 7) is 9.25. The number of aliphatic hydroxyl groups excluding tert-OH is 2. The van der Waals surface area contributed by atoms with Crippen molar-refractivity contribution in [1.29, 1.82) is 5.26 Å². The highest BCUT2D eigenvalue weighted by atomic mass is 32.2. The summed E-state index contributed by atoms with van der Waals surface area (Å²) in [6.07, 6.45) is 10.6. The average Bonchev–Trinajstić information content (AvgIpc) is 3.25. The number of nitrogens with zero attached hydrogens (tertiary/aromatic N) is 1. The van der Waals surface area contributed by atoms with Gasteiger partial charge in [-0.05, 0) is 85.1 Å². The van der Waals surface area contributed by atoms with Gasteiger partial charge in [-0.15, -0.1) is 0 Å². The molecule has 2 fully saturated rings. The van der Waals surface area contributed by atoms with E-state index in [1.165, 1.54) is 28.7 Å². The largest absolute Gasteiger partial charge is 0.494 e. The molecule has 0 spiro atoms. The van der Waals surface area contributed by atoms with Crippen molar-refractivity contribution in [3.63, 3.8) is 0 Å². The number of nitriles is 1. The number of thiocyanates is 1. The molecule has 0 aromatic rings. The zero-order valence-electron chi connectivity index (χ0n) is 20.5. The van der Waals surface area contributed by atoms with E-state index in [0.717, 1.165) is 44.3 Å². The maximum Gasteiger partial charge on any atom is 0.133 e. The first-order valence-corrected chi connectivity index (χ1v) is 13.8. The van der Waals surface area contributed by atoms with Gasteiger partial charge in [0, 0.05) is 29.9 Å². The number of hydrogen-bond acceptors (Lipinski definition) is 5. The number of fused-ring (bicyclic) bond motifs is 6. The van der Waals surface area contributed by atoms with Crippen LogP contribution in [0.3, 0.4) is 0 Å². The highest BCUT2D eigenvalue weighted by Crippen LogP contribution is 2.66. The first-order valence-electron chi connectivity index (χ1n) is 12.8. The van der Waals surface area contributed by atoms with Gasteiger partial charge in [-0.3, -0.25) is 0 Å². The number of rotatable bonds is 5. The Morgan fingerprint density at radius 3 is 2.85 bits per heavy atom. The molecule has 1 heterocycles. The Morgan fingerprint density at radius 1 is 1.30 bits per heavy atom. The van der Waals surface area contributed by atoms with Crippen molar-refractivity contribution in [1.82, 2.24) is 0 Å². The molecular formula is C28H39NO3S. The summed E-state index contributed by atoms with van der Waals surface area (Å²) < 4.78 is 6.62. The lowest BCUT2D eigenvalue weighted by Gasteiger charge is -2.56. The third-order valence-corrected chi connectivity index (χ3v) is 11.0. The van der Waals surface area contributed by atoms with Crippen LogP contribution in [0.5, 0.6) is 0 Å². The van der Waals surface area contributed by atoms with Crippen molar-refractivity contribution >= 4 is 11.8 Å². The molecule has 2 saturated carbocycles. The van der Waals surface area contributed by atoms with Crippen molar-refractivity contribution in [2.75, 3.05) is 5.75 Å². The average molecular weight is 470 g/mol. The molecule has 180 valence electrons. The van der Waals surface area contributed by atoms with Crippen molar-refractivity contribution in [2.24, 2.45) is 34.5 Å². The summed E-state index contributed by atoms with van der Waals surface area (Å²) in [5.74, 6) is 3.69. The third kappa shape index (κ3) is 3.55. The standard InChI is InChI=1S/C28H39NO3S/c1-16(14-33-15-29)5-8-23-17(2)26-24(32-23)13-22-20-7-6-18-11-19(30)12-25(31)28(18,4)21(20)9-10-27(22,26)3/h6-7,16,18-19,21,24-26,30-31H,5,8-14H2,1-4H3/t16-,18?,19-,21+,24+,25+,26+,27+,28+/m1/s1. The number of aliphatic hydroxyl groups is 2. The Kier molecular flexibility index (Phi) is 6.03. The molecule has 5 aliphatic rings. The van der Waals surface area contributed by atoms with E-state index in [-0.39, 0.29) is 22.9 Å². The van der Waals surface area contributed by atoms with Crippen molar-refractivity contribution in [3.05, 3.63) is 34.6 Å². The topological polar surface area (TPSA) is 73.5 Å². The monoisotopic (exact) mass is 469 g/mol. The van der Waals surface area contributed by atoms with E-state index in [0.29, 0.717) is 24.2 Å². The Morgan fingerprint density at radius 2 is 2.09 bits per heavy atom. The minimum Gasteiger partial charge on any atom is -0.494 e. The highest BCUT2D eigenvalue weighted by molar-refractivity contribution is 8.03. The van der Waals surface area contributed by atoms with Gasteiger partial charge in [0.2, 0.25) is 0 Å². The summed E-state index contributed by atoms with van der Waals surface area (Å²) in [5.41, 5.74) is 4.44. The fourth-order valence-corrected chi connectivity index (χ4v) is 8.71. The molecule has 0 bridgehead atoms. The summed E-state index contributed by atoms with van der Waals surface area (Å²) >= 11 is 1.35. The van der Waals surface area contributed by atoms with Crippen molar-refractivity contribution < 1.29 is 14.9 Å². The molecule has 4 nitrogen and oxygen atoms in total. The smallest absolute Gasteiger partial charge is 0.133 e. The second kappa shape index (κ2) is 8.47. The molecule has 0 aromatic heterocycles. The van der Waals surface area contributed by atoms with Crippen LogP contribution in [0.25, 0.3) is 0 Å². The Labute approximate surface area is 203 Å². The minimum absolute atomic E-state index is 0.136. The molecule has 0 amide bonds. The fourth-order valence-electron chi connectivity index (χ4n) is 8.19. The number of thioether (sulfide) groups is 1. The quantitative estimate of drug-likeness (QED) is 0.503. The van der Waals surface area contributed by atoms with Crippen LogP contribution in [0.15, 0.2) is 34.6 Å². The second-order valence-electron chi connectivity index (χ2n) is 11.9. The van der Waals surface area contributed by atoms with E-state index in [1.54, 1.807) is 5.57 Å². The van der Waals surface area contributed by atoms with Gasteiger partial charge in [-0.25, -0.2) is 0 Å². The number of hydrogen-bond donors (Lipinski definition) is 2. The lowest BCUT2D eigenvalue weighted by atomic mass is 9.50. The van der Waals surface area contributed by atoms with Gasteiger partial charge >= 0.3 is 0 Å². The molecular weight excluding hydrogens is 430 g/mol. The Hall–Kier alpha value is -1.22. The van der Waals surface area contributed by atoms with E-state index in [1.807, 2.05) is 0 Å². The van der Waals surface area contributed by atoms with Crippen LogP contribution in [0.1, 0.15) is 72.6 Å². The van der Waals surface area contributed by atoms with Gasteiger partial charge in [0.05, 0.1) is 18.0 Å². The summed E-state index contributed by atoms with van der Waals surface area (Å²) in [7, 11) is 0. The molecule has 2 N–H and O–H groups in total. The van der Waals surface area contributed by atoms with Gasteiger partial charge in [0.25, 0.3) is 0 Å². The zero-order valence-corrected chi connectivity index (χ0v) is 21.3. The normalized spacial score (nSPS) is 44.5. The maximum absolute atomic E-state index is 11.1. The van der Waals surface area contributed by atoms with E-state index >= 15 is 0 Å². The number of allylic oxidation sites excluding steroid dienone is 4. The van der Waals surface area contributed by atoms with Gasteiger partial charge in [-0.2, -0.15) is 5.26 Å². The van der Waals surface area contributed by atoms with E-state index in [9.17, 15) is 10.2 Å².